The van der Waals surface area contributed by atoms with Crippen molar-refractivity contribution >= 4 is 34.7 Å². The molecule has 0 saturated carbocycles. The number of nitrogens with one attached hydrogen (secondary N) is 1. The van der Waals surface area contributed by atoms with Crippen LogP contribution in [-0.4, -0.2) is 32.1 Å². The van der Waals surface area contributed by atoms with Crippen molar-refractivity contribution < 1.29 is 18.0 Å². The van der Waals surface area contributed by atoms with Gasteiger partial charge in [0.05, 0.1) is 11.4 Å². The fourth-order valence-corrected chi connectivity index (χ4v) is 4.57. The van der Waals surface area contributed by atoms with Gasteiger partial charge in [0, 0.05) is 5.69 Å². The molecule has 32 heavy (non-hydrogen) atoms. The summed E-state index contributed by atoms with van der Waals surface area (Å²) in [4.78, 5) is 13.3. The number of rotatable bonds is 7. The van der Waals surface area contributed by atoms with Crippen molar-refractivity contribution in [3.05, 3.63) is 83.7 Å². The number of hydrogen-bond acceptors (Lipinski definition) is 5. The van der Waals surface area contributed by atoms with Crippen LogP contribution in [0, 0.1) is 0 Å². The van der Waals surface area contributed by atoms with Crippen LogP contribution in [0.25, 0.3) is 10.7 Å². The Morgan fingerprint density at radius 2 is 1.69 bits per heavy atom. The predicted molar refractivity (Wildman–Crippen MR) is 120 cm³/mol. The zero-order valence-corrected chi connectivity index (χ0v) is 18.1. The lowest BCUT2D eigenvalue weighted by Gasteiger charge is -2.19. The largest absolute Gasteiger partial charge is 0.409 e. The highest BCUT2D eigenvalue weighted by atomic mass is 32.2. The van der Waals surface area contributed by atoms with Gasteiger partial charge in [0.2, 0.25) is 5.91 Å². The molecular weight excluding hydrogens is 457 g/mol. The van der Waals surface area contributed by atoms with Gasteiger partial charge in [0.25, 0.3) is 0 Å². The lowest BCUT2D eigenvalue weighted by molar-refractivity contribution is -0.146. The van der Waals surface area contributed by atoms with Gasteiger partial charge in [-0.25, -0.2) is 0 Å². The molecular formula is C22H17F3N4OS2. The number of amides is 1. The van der Waals surface area contributed by atoms with E-state index in [2.05, 4.69) is 15.5 Å². The van der Waals surface area contributed by atoms with Crippen molar-refractivity contribution in [1.82, 2.24) is 14.8 Å². The van der Waals surface area contributed by atoms with Gasteiger partial charge in [-0.15, -0.1) is 21.5 Å². The topological polar surface area (TPSA) is 59.8 Å². The molecule has 0 radical (unpaired) electrons. The van der Waals surface area contributed by atoms with E-state index >= 15 is 0 Å². The standard InChI is InChI=1S/C22H17F3N4OS2/c23-22(24,25)18(20(30)26-16-10-5-2-6-11-16)32-21-28-27-19(17-12-7-13-31-17)29(21)14-15-8-3-1-4-9-15/h1-13,18H,14H2,(H,26,30). The molecule has 5 nitrogen and oxygen atoms in total. The van der Waals surface area contributed by atoms with Crippen LogP contribution in [0.5, 0.6) is 0 Å². The van der Waals surface area contributed by atoms with Crippen molar-refractivity contribution in [2.45, 2.75) is 23.1 Å². The van der Waals surface area contributed by atoms with Gasteiger partial charge in [-0.2, -0.15) is 13.2 Å². The number of halogens is 3. The predicted octanol–water partition coefficient (Wildman–Crippen LogP) is 5.72. The van der Waals surface area contributed by atoms with E-state index in [1.807, 2.05) is 47.8 Å². The first kappa shape index (κ1) is 22.1. The molecule has 4 aromatic rings. The Balaban J connectivity index is 1.67. The monoisotopic (exact) mass is 474 g/mol. The molecule has 1 amide bonds. The molecule has 0 saturated heterocycles. The van der Waals surface area contributed by atoms with Gasteiger partial charge in [-0.1, -0.05) is 66.4 Å². The number of anilines is 1. The summed E-state index contributed by atoms with van der Waals surface area (Å²) in [6, 6.07) is 21.0. The van der Waals surface area contributed by atoms with Crippen molar-refractivity contribution in [1.29, 1.82) is 0 Å². The third-order valence-corrected chi connectivity index (χ3v) is 6.54. The van der Waals surface area contributed by atoms with E-state index < -0.39 is 17.3 Å². The molecule has 4 rings (SSSR count). The number of alkyl halides is 3. The summed E-state index contributed by atoms with van der Waals surface area (Å²) in [5.41, 5.74) is 1.17. The van der Waals surface area contributed by atoms with Gasteiger partial charge in [0.1, 0.15) is 0 Å². The fraction of sp³-hybridized carbons (Fsp3) is 0.136. The van der Waals surface area contributed by atoms with Crippen molar-refractivity contribution in [2.24, 2.45) is 0 Å². The van der Waals surface area contributed by atoms with E-state index in [0.717, 1.165) is 10.4 Å². The number of aromatic nitrogens is 3. The molecule has 2 heterocycles. The minimum atomic E-state index is -4.78. The molecule has 0 aliphatic carbocycles. The van der Waals surface area contributed by atoms with Crippen LogP contribution in [-0.2, 0) is 11.3 Å². The minimum absolute atomic E-state index is 0.0165. The average molecular weight is 475 g/mol. The van der Waals surface area contributed by atoms with E-state index in [1.54, 1.807) is 22.8 Å². The van der Waals surface area contributed by atoms with E-state index in [1.165, 1.54) is 23.5 Å². The maximum Gasteiger partial charge on any atom is 0.409 e. The number of nitrogens with zero attached hydrogens (tertiary/aromatic N) is 3. The number of carbonyl (C=O) groups is 1. The van der Waals surface area contributed by atoms with Crippen LogP contribution in [0.1, 0.15) is 5.56 Å². The third-order valence-electron chi connectivity index (χ3n) is 4.44. The molecule has 0 spiro atoms. The quantitative estimate of drug-likeness (QED) is 0.348. The lowest BCUT2D eigenvalue weighted by Crippen LogP contribution is -2.38. The molecule has 0 aliphatic heterocycles. The third kappa shape index (κ3) is 5.20. The number of para-hydroxylation sites is 1. The summed E-state index contributed by atoms with van der Waals surface area (Å²) >= 11 is 1.76. The van der Waals surface area contributed by atoms with Gasteiger partial charge >= 0.3 is 6.18 Å². The molecule has 2 aromatic carbocycles. The fourth-order valence-electron chi connectivity index (χ4n) is 2.98. The molecule has 1 atom stereocenters. The Morgan fingerprint density at radius 3 is 2.31 bits per heavy atom. The zero-order chi connectivity index (χ0) is 22.6. The number of benzene rings is 2. The molecule has 0 fully saturated rings. The smallest absolute Gasteiger partial charge is 0.325 e. The zero-order valence-electron chi connectivity index (χ0n) is 16.5. The molecule has 0 aliphatic rings. The summed E-state index contributed by atoms with van der Waals surface area (Å²) in [6.07, 6.45) is -4.78. The molecule has 10 heteroatoms. The van der Waals surface area contributed by atoms with Gasteiger partial charge in [-0.05, 0) is 29.1 Å². The van der Waals surface area contributed by atoms with E-state index in [4.69, 9.17) is 0 Å². The molecule has 0 bridgehead atoms. The van der Waals surface area contributed by atoms with E-state index in [-0.39, 0.29) is 17.4 Å². The maximum absolute atomic E-state index is 13.9. The van der Waals surface area contributed by atoms with Gasteiger partial charge in [0.15, 0.2) is 16.2 Å². The number of thiophene rings is 1. The second kappa shape index (κ2) is 9.58. The number of thioether (sulfide) groups is 1. The lowest BCUT2D eigenvalue weighted by atomic mass is 10.2. The summed E-state index contributed by atoms with van der Waals surface area (Å²) in [5.74, 6) is -0.712. The first-order valence-corrected chi connectivity index (χ1v) is 11.3. The van der Waals surface area contributed by atoms with Gasteiger partial charge in [-0.3, -0.25) is 9.36 Å². The highest BCUT2D eigenvalue weighted by Gasteiger charge is 2.47. The van der Waals surface area contributed by atoms with Crippen LogP contribution in [0.4, 0.5) is 18.9 Å². The second-order valence-corrected chi connectivity index (χ2v) is 8.77. The Hall–Kier alpha value is -3.11. The maximum atomic E-state index is 13.9. The number of hydrogen-bond donors (Lipinski definition) is 1. The van der Waals surface area contributed by atoms with E-state index in [9.17, 15) is 18.0 Å². The SMILES string of the molecule is O=C(Nc1ccccc1)C(Sc1nnc(-c2cccs2)n1Cc1ccccc1)C(F)(F)F. The minimum Gasteiger partial charge on any atom is -0.325 e. The summed E-state index contributed by atoms with van der Waals surface area (Å²) in [7, 11) is 0. The Labute approximate surface area is 190 Å². The first-order chi connectivity index (χ1) is 15.4. The molecule has 1 N–H and O–H groups in total. The van der Waals surface area contributed by atoms with E-state index in [0.29, 0.717) is 17.6 Å². The van der Waals surface area contributed by atoms with Crippen LogP contribution >= 0.6 is 23.1 Å². The Morgan fingerprint density at radius 1 is 1.00 bits per heavy atom. The van der Waals surface area contributed by atoms with Crippen LogP contribution in [0.3, 0.4) is 0 Å². The van der Waals surface area contributed by atoms with Crippen molar-refractivity contribution in [2.75, 3.05) is 5.32 Å². The number of carbonyl (C=O) groups excluding carboxylic acids is 1. The van der Waals surface area contributed by atoms with Crippen molar-refractivity contribution in [3.8, 4) is 10.7 Å². The highest BCUT2D eigenvalue weighted by Crippen LogP contribution is 2.37. The molecule has 2 aromatic heterocycles. The van der Waals surface area contributed by atoms with Gasteiger partial charge < -0.3 is 5.32 Å². The van der Waals surface area contributed by atoms with Crippen LogP contribution < -0.4 is 5.32 Å². The summed E-state index contributed by atoms with van der Waals surface area (Å²) in [5, 5.41) is 10.0. The van der Waals surface area contributed by atoms with Crippen LogP contribution in [0.15, 0.2) is 83.3 Å². The highest BCUT2D eigenvalue weighted by molar-refractivity contribution is 8.00. The Kier molecular flexibility index (Phi) is 6.61. The summed E-state index contributed by atoms with van der Waals surface area (Å²) < 4.78 is 43.2. The Bertz CT molecular complexity index is 1160. The molecule has 1 unspecified atom stereocenters. The second-order valence-electron chi connectivity index (χ2n) is 6.75. The first-order valence-electron chi connectivity index (χ1n) is 9.52. The average Bonchev–Trinajstić information content (AvgIpc) is 3.43. The normalized spacial score (nSPS) is 12.5. The summed E-state index contributed by atoms with van der Waals surface area (Å²) in [6.45, 7) is 0.272. The van der Waals surface area contributed by atoms with Crippen molar-refractivity contribution in [3.63, 3.8) is 0 Å². The van der Waals surface area contributed by atoms with Crippen LogP contribution in [0.2, 0.25) is 0 Å². The molecule has 164 valence electrons.